The fourth-order valence-electron chi connectivity index (χ4n) is 2.43. The van der Waals surface area contributed by atoms with E-state index in [9.17, 15) is 9.59 Å². The van der Waals surface area contributed by atoms with E-state index in [2.05, 4.69) is 0 Å². The second-order valence-electron chi connectivity index (χ2n) is 4.85. The van der Waals surface area contributed by atoms with Gasteiger partial charge in [0.1, 0.15) is 0 Å². The third kappa shape index (κ3) is 3.36. The van der Waals surface area contributed by atoms with E-state index in [0.717, 1.165) is 12.0 Å². The Balaban J connectivity index is 2.10. The van der Waals surface area contributed by atoms with Crippen molar-refractivity contribution in [1.29, 1.82) is 0 Å². The number of benzene rings is 1. The summed E-state index contributed by atoms with van der Waals surface area (Å²) < 4.78 is 5.39. The molecule has 1 unspecified atom stereocenters. The van der Waals surface area contributed by atoms with E-state index in [4.69, 9.17) is 9.84 Å². The molecule has 1 saturated heterocycles. The van der Waals surface area contributed by atoms with Crippen LogP contribution in [0.25, 0.3) is 0 Å². The van der Waals surface area contributed by atoms with Gasteiger partial charge >= 0.3 is 5.97 Å². The number of aliphatic carboxylic acids is 1. The summed E-state index contributed by atoms with van der Waals surface area (Å²) in [5.41, 5.74) is 1.71. The van der Waals surface area contributed by atoms with Gasteiger partial charge < -0.3 is 14.7 Å². The summed E-state index contributed by atoms with van der Waals surface area (Å²) in [5.74, 6) is -0.945. The molecule has 0 aliphatic carbocycles. The van der Waals surface area contributed by atoms with Gasteiger partial charge in [-0.2, -0.15) is 0 Å². The van der Waals surface area contributed by atoms with Crippen LogP contribution in [0.3, 0.4) is 0 Å². The summed E-state index contributed by atoms with van der Waals surface area (Å²) in [6, 6.07) is 7.54. The van der Waals surface area contributed by atoms with Crippen molar-refractivity contribution in [2.24, 2.45) is 0 Å². The molecule has 5 nitrogen and oxygen atoms in total. The zero-order valence-electron chi connectivity index (χ0n) is 11.5. The Kier molecular flexibility index (Phi) is 4.74. The number of ether oxygens (including phenoxy) is 1. The molecule has 0 spiro atoms. The molecule has 1 aliphatic heterocycles. The summed E-state index contributed by atoms with van der Waals surface area (Å²) in [7, 11) is 0. The quantitative estimate of drug-likeness (QED) is 0.907. The maximum Gasteiger partial charge on any atom is 0.306 e. The molecule has 5 heteroatoms. The molecule has 1 heterocycles. The lowest BCUT2D eigenvalue weighted by Gasteiger charge is -2.32. The Bertz CT molecular complexity index is 500. The van der Waals surface area contributed by atoms with Crippen molar-refractivity contribution < 1.29 is 19.4 Å². The van der Waals surface area contributed by atoms with Gasteiger partial charge in [0.05, 0.1) is 19.1 Å². The largest absolute Gasteiger partial charge is 0.481 e. The molecule has 0 aromatic heterocycles. The van der Waals surface area contributed by atoms with Crippen LogP contribution in [0.4, 0.5) is 0 Å². The Hall–Kier alpha value is -1.88. The molecule has 1 fully saturated rings. The highest BCUT2D eigenvalue weighted by molar-refractivity contribution is 5.95. The van der Waals surface area contributed by atoms with Crippen molar-refractivity contribution in [2.45, 2.75) is 25.9 Å². The molecular formula is C15H19NO4. The van der Waals surface area contributed by atoms with E-state index in [1.807, 2.05) is 31.2 Å². The normalized spacial score (nSPS) is 18.9. The fraction of sp³-hybridized carbons (Fsp3) is 0.467. The number of carboxylic acid groups (broad SMARTS) is 1. The Labute approximate surface area is 118 Å². The lowest BCUT2D eigenvalue weighted by atomic mass is 10.0. The molecular weight excluding hydrogens is 258 g/mol. The lowest BCUT2D eigenvalue weighted by Crippen LogP contribution is -2.46. The first-order valence-electron chi connectivity index (χ1n) is 6.82. The van der Waals surface area contributed by atoms with Gasteiger partial charge in [0.15, 0.2) is 0 Å². The third-order valence-corrected chi connectivity index (χ3v) is 3.46. The highest BCUT2D eigenvalue weighted by Gasteiger charge is 2.27. The van der Waals surface area contributed by atoms with Gasteiger partial charge in [0.25, 0.3) is 5.91 Å². The number of hydrogen-bond acceptors (Lipinski definition) is 3. The first-order valence-corrected chi connectivity index (χ1v) is 6.82. The molecule has 1 aromatic rings. The Morgan fingerprint density at radius 1 is 1.40 bits per heavy atom. The Morgan fingerprint density at radius 3 is 2.85 bits per heavy atom. The van der Waals surface area contributed by atoms with Crippen LogP contribution >= 0.6 is 0 Å². The van der Waals surface area contributed by atoms with Gasteiger partial charge in [-0.1, -0.05) is 25.1 Å². The molecule has 2 rings (SSSR count). The first-order chi connectivity index (χ1) is 9.61. The number of rotatable bonds is 4. The Morgan fingerprint density at radius 2 is 2.15 bits per heavy atom. The van der Waals surface area contributed by atoms with E-state index in [-0.39, 0.29) is 12.3 Å². The van der Waals surface area contributed by atoms with Crippen molar-refractivity contribution in [3.63, 3.8) is 0 Å². The first kappa shape index (κ1) is 14.5. The summed E-state index contributed by atoms with van der Waals surface area (Å²) in [6.07, 6.45) is 0.309. The minimum Gasteiger partial charge on any atom is -0.481 e. The average Bonchev–Trinajstić information content (AvgIpc) is 2.46. The maximum atomic E-state index is 12.5. The molecule has 0 bridgehead atoms. The predicted molar refractivity (Wildman–Crippen MR) is 73.7 cm³/mol. The second kappa shape index (κ2) is 6.52. The van der Waals surface area contributed by atoms with Gasteiger partial charge in [0, 0.05) is 18.7 Å². The van der Waals surface area contributed by atoms with Crippen molar-refractivity contribution in [3.05, 3.63) is 35.4 Å². The summed E-state index contributed by atoms with van der Waals surface area (Å²) in [5, 5.41) is 8.81. The minimum atomic E-state index is -0.904. The summed E-state index contributed by atoms with van der Waals surface area (Å²) >= 11 is 0. The number of amides is 1. The molecule has 0 saturated carbocycles. The fourth-order valence-corrected chi connectivity index (χ4v) is 2.43. The summed E-state index contributed by atoms with van der Waals surface area (Å²) in [4.78, 5) is 25.0. The van der Waals surface area contributed by atoms with E-state index < -0.39 is 12.1 Å². The maximum absolute atomic E-state index is 12.5. The number of morpholine rings is 1. The van der Waals surface area contributed by atoms with Gasteiger partial charge in [-0.15, -0.1) is 0 Å². The van der Waals surface area contributed by atoms with Gasteiger partial charge in [0.2, 0.25) is 0 Å². The van der Waals surface area contributed by atoms with Gasteiger partial charge in [-0.3, -0.25) is 9.59 Å². The van der Waals surface area contributed by atoms with Crippen LogP contribution in [-0.4, -0.2) is 47.7 Å². The highest BCUT2D eigenvalue weighted by Crippen LogP contribution is 2.16. The number of carbonyl (C=O) groups excluding carboxylic acids is 1. The van der Waals surface area contributed by atoms with Crippen LogP contribution in [0.5, 0.6) is 0 Å². The summed E-state index contributed by atoms with van der Waals surface area (Å²) in [6.45, 7) is 3.24. The van der Waals surface area contributed by atoms with E-state index in [1.165, 1.54) is 0 Å². The zero-order chi connectivity index (χ0) is 14.5. The number of aryl methyl sites for hydroxylation is 1. The van der Waals surface area contributed by atoms with Gasteiger partial charge in [-0.05, 0) is 18.1 Å². The highest BCUT2D eigenvalue weighted by atomic mass is 16.5. The van der Waals surface area contributed by atoms with Crippen LogP contribution in [0, 0.1) is 0 Å². The third-order valence-electron chi connectivity index (χ3n) is 3.46. The van der Waals surface area contributed by atoms with Crippen LogP contribution in [0.1, 0.15) is 29.3 Å². The van der Waals surface area contributed by atoms with E-state index in [1.54, 1.807) is 4.90 Å². The molecule has 1 atom stereocenters. The molecule has 20 heavy (non-hydrogen) atoms. The molecule has 0 radical (unpaired) electrons. The van der Waals surface area contributed by atoms with Crippen LogP contribution in [0.15, 0.2) is 24.3 Å². The number of carboxylic acids is 1. The monoisotopic (exact) mass is 277 g/mol. The van der Waals surface area contributed by atoms with Gasteiger partial charge in [-0.25, -0.2) is 0 Å². The molecule has 1 N–H and O–H groups in total. The molecule has 108 valence electrons. The van der Waals surface area contributed by atoms with Crippen molar-refractivity contribution >= 4 is 11.9 Å². The molecule has 1 amide bonds. The number of nitrogens with zero attached hydrogens (tertiary/aromatic N) is 1. The lowest BCUT2D eigenvalue weighted by molar-refractivity contribution is -0.141. The number of carbonyl (C=O) groups is 2. The topological polar surface area (TPSA) is 66.8 Å². The SMILES string of the molecule is CCc1ccccc1C(=O)N1CCOC(CC(=O)O)C1. The number of hydrogen-bond donors (Lipinski definition) is 1. The minimum absolute atomic E-state index is 0.0406. The average molecular weight is 277 g/mol. The zero-order valence-corrected chi connectivity index (χ0v) is 11.5. The van der Waals surface area contributed by atoms with Crippen molar-refractivity contribution in [3.8, 4) is 0 Å². The van der Waals surface area contributed by atoms with E-state index >= 15 is 0 Å². The molecule has 1 aliphatic rings. The molecule has 1 aromatic carbocycles. The second-order valence-corrected chi connectivity index (χ2v) is 4.85. The van der Waals surface area contributed by atoms with Crippen LogP contribution < -0.4 is 0 Å². The van der Waals surface area contributed by atoms with Crippen molar-refractivity contribution in [1.82, 2.24) is 4.90 Å². The van der Waals surface area contributed by atoms with Crippen LogP contribution in [0.2, 0.25) is 0 Å². The standard InChI is InChI=1S/C15H19NO4/c1-2-11-5-3-4-6-13(11)15(19)16-7-8-20-12(10-16)9-14(17)18/h3-6,12H,2,7-10H2,1H3,(H,17,18). The van der Waals surface area contributed by atoms with E-state index in [0.29, 0.717) is 25.3 Å². The predicted octanol–water partition coefficient (Wildman–Crippen LogP) is 1.56. The van der Waals surface area contributed by atoms with Crippen molar-refractivity contribution in [2.75, 3.05) is 19.7 Å². The van der Waals surface area contributed by atoms with Crippen LogP contribution in [-0.2, 0) is 16.0 Å². The smallest absolute Gasteiger partial charge is 0.306 e.